The van der Waals surface area contributed by atoms with Crippen molar-refractivity contribution in [1.82, 2.24) is 5.32 Å². The Hall–Kier alpha value is -1.51. The molecule has 3 heteroatoms. The first-order valence-corrected chi connectivity index (χ1v) is 8.14. The lowest BCUT2D eigenvalue weighted by atomic mass is 9.80. The van der Waals surface area contributed by atoms with Gasteiger partial charge in [-0.1, -0.05) is 63.4 Å². The van der Waals surface area contributed by atoms with E-state index < -0.39 is 0 Å². The maximum Gasteiger partial charge on any atom is 0.407 e. The van der Waals surface area contributed by atoms with Gasteiger partial charge in [0.15, 0.2) is 0 Å². The number of carbonyl (C=O) groups is 1. The van der Waals surface area contributed by atoms with Crippen LogP contribution in [-0.4, -0.2) is 12.1 Å². The molecule has 0 unspecified atom stereocenters. The van der Waals surface area contributed by atoms with Gasteiger partial charge in [0, 0.05) is 6.04 Å². The fourth-order valence-electron chi connectivity index (χ4n) is 3.22. The van der Waals surface area contributed by atoms with Crippen LogP contribution in [0.25, 0.3) is 0 Å². The van der Waals surface area contributed by atoms with Gasteiger partial charge in [-0.15, -0.1) is 0 Å². The van der Waals surface area contributed by atoms with Gasteiger partial charge in [0.1, 0.15) is 6.61 Å². The highest BCUT2D eigenvalue weighted by atomic mass is 16.5. The summed E-state index contributed by atoms with van der Waals surface area (Å²) in [7, 11) is 0. The van der Waals surface area contributed by atoms with Crippen molar-refractivity contribution in [3.63, 3.8) is 0 Å². The molecule has 1 atom stereocenters. The third-order valence-corrected chi connectivity index (χ3v) is 4.37. The van der Waals surface area contributed by atoms with Gasteiger partial charge in [0.25, 0.3) is 0 Å². The largest absolute Gasteiger partial charge is 0.445 e. The van der Waals surface area contributed by atoms with Crippen LogP contribution in [0.15, 0.2) is 30.3 Å². The molecule has 2 rings (SSSR count). The fraction of sp³-hybridized carbons (Fsp3) is 0.611. The first-order valence-electron chi connectivity index (χ1n) is 8.14. The number of hydrogen-bond acceptors (Lipinski definition) is 2. The molecule has 1 N–H and O–H groups in total. The molecule has 0 saturated heterocycles. The number of ether oxygens (including phenoxy) is 1. The van der Waals surface area contributed by atoms with Crippen molar-refractivity contribution in [2.75, 3.05) is 0 Å². The van der Waals surface area contributed by atoms with Gasteiger partial charge in [0.2, 0.25) is 0 Å². The van der Waals surface area contributed by atoms with E-state index in [1.807, 2.05) is 30.3 Å². The molecule has 1 saturated carbocycles. The maximum atomic E-state index is 12.0. The van der Waals surface area contributed by atoms with Crippen molar-refractivity contribution >= 4 is 6.09 Å². The van der Waals surface area contributed by atoms with E-state index in [9.17, 15) is 4.79 Å². The normalized spacial score (nSPS) is 17.5. The second-order valence-electron chi connectivity index (χ2n) is 6.37. The molecule has 1 aliphatic carbocycles. The van der Waals surface area contributed by atoms with Crippen LogP contribution >= 0.6 is 0 Å². The van der Waals surface area contributed by atoms with E-state index in [2.05, 4.69) is 19.2 Å². The van der Waals surface area contributed by atoms with Gasteiger partial charge in [-0.05, 0) is 30.2 Å². The van der Waals surface area contributed by atoms with Crippen LogP contribution in [0.2, 0.25) is 0 Å². The Morgan fingerprint density at radius 2 is 1.86 bits per heavy atom. The second-order valence-corrected chi connectivity index (χ2v) is 6.37. The molecule has 0 bridgehead atoms. The van der Waals surface area contributed by atoms with Crippen molar-refractivity contribution in [3.05, 3.63) is 35.9 Å². The topological polar surface area (TPSA) is 38.3 Å². The summed E-state index contributed by atoms with van der Waals surface area (Å²) in [6.45, 7) is 4.69. The van der Waals surface area contributed by atoms with Crippen LogP contribution in [0.1, 0.15) is 51.5 Å². The van der Waals surface area contributed by atoms with Crippen molar-refractivity contribution in [2.45, 2.75) is 58.6 Å². The molecule has 0 heterocycles. The van der Waals surface area contributed by atoms with E-state index in [0.29, 0.717) is 18.4 Å². The summed E-state index contributed by atoms with van der Waals surface area (Å²) in [5.41, 5.74) is 1.02. The molecule has 0 aromatic heterocycles. The van der Waals surface area contributed by atoms with E-state index in [4.69, 9.17) is 4.74 Å². The fourth-order valence-corrected chi connectivity index (χ4v) is 3.22. The highest BCUT2D eigenvalue weighted by Gasteiger charge is 2.27. The number of rotatable bonds is 5. The van der Waals surface area contributed by atoms with Gasteiger partial charge < -0.3 is 10.1 Å². The molecule has 0 aliphatic heterocycles. The predicted molar refractivity (Wildman–Crippen MR) is 85.0 cm³/mol. The first kappa shape index (κ1) is 15.9. The van der Waals surface area contributed by atoms with Crippen LogP contribution in [0, 0.1) is 11.8 Å². The molecular weight excluding hydrogens is 262 g/mol. The molecule has 1 amide bonds. The third kappa shape index (κ3) is 5.07. The number of benzene rings is 1. The lowest BCUT2D eigenvalue weighted by molar-refractivity contribution is 0.122. The van der Waals surface area contributed by atoms with Crippen LogP contribution in [0.5, 0.6) is 0 Å². The summed E-state index contributed by atoms with van der Waals surface area (Å²) in [6.07, 6.45) is 6.07. The lowest BCUT2D eigenvalue weighted by Crippen LogP contribution is -2.44. The third-order valence-electron chi connectivity index (χ3n) is 4.37. The van der Waals surface area contributed by atoms with Gasteiger partial charge in [-0.2, -0.15) is 0 Å². The van der Waals surface area contributed by atoms with Gasteiger partial charge >= 0.3 is 6.09 Å². The molecule has 21 heavy (non-hydrogen) atoms. The molecule has 0 radical (unpaired) electrons. The van der Waals surface area contributed by atoms with Crippen LogP contribution in [0.4, 0.5) is 4.79 Å². The predicted octanol–water partition coefficient (Wildman–Crippen LogP) is 4.52. The molecule has 1 aromatic carbocycles. The number of carbonyl (C=O) groups excluding carboxylic acids is 1. The Morgan fingerprint density at radius 1 is 1.19 bits per heavy atom. The van der Waals surface area contributed by atoms with Gasteiger partial charge in [-0.25, -0.2) is 4.79 Å². The van der Waals surface area contributed by atoms with E-state index in [1.54, 1.807) is 0 Å². The summed E-state index contributed by atoms with van der Waals surface area (Å²) in [4.78, 5) is 12.0. The minimum atomic E-state index is -0.289. The van der Waals surface area contributed by atoms with E-state index >= 15 is 0 Å². The van der Waals surface area contributed by atoms with Crippen LogP contribution in [-0.2, 0) is 11.3 Å². The minimum Gasteiger partial charge on any atom is -0.445 e. The summed E-state index contributed by atoms with van der Waals surface area (Å²) in [5, 5.41) is 3.10. The Morgan fingerprint density at radius 3 is 2.48 bits per heavy atom. The van der Waals surface area contributed by atoms with Gasteiger partial charge in [0.05, 0.1) is 0 Å². The van der Waals surface area contributed by atoms with E-state index in [0.717, 1.165) is 5.56 Å². The number of alkyl carbamates (subject to hydrolysis) is 1. The molecule has 0 spiro atoms. The minimum absolute atomic E-state index is 0.230. The van der Waals surface area contributed by atoms with Crippen molar-refractivity contribution in [1.29, 1.82) is 0 Å². The summed E-state index contributed by atoms with van der Waals surface area (Å²) in [5.74, 6) is 1.04. The highest BCUT2D eigenvalue weighted by Crippen LogP contribution is 2.29. The molecule has 3 nitrogen and oxygen atoms in total. The lowest BCUT2D eigenvalue weighted by Gasteiger charge is -2.33. The Labute approximate surface area is 128 Å². The quantitative estimate of drug-likeness (QED) is 0.865. The smallest absolute Gasteiger partial charge is 0.407 e. The van der Waals surface area contributed by atoms with Crippen molar-refractivity contribution in [2.24, 2.45) is 11.8 Å². The van der Waals surface area contributed by atoms with Crippen LogP contribution < -0.4 is 5.32 Å². The highest BCUT2D eigenvalue weighted by molar-refractivity contribution is 5.67. The summed E-state index contributed by atoms with van der Waals surface area (Å²) < 4.78 is 5.35. The molecule has 1 aliphatic rings. The standard InChI is InChI=1S/C18H27NO2/c1-14(2)17(16-11-7-4-8-12-16)19-18(20)21-13-15-9-5-3-6-10-15/h3,5-6,9-10,14,16-17H,4,7-8,11-13H2,1-2H3,(H,19,20)/t17-/m1/s1. The zero-order valence-corrected chi connectivity index (χ0v) is 13.2. The maximum absolute atomic E-state index is 12.0. The SMILES string of the molecule is CC(C)[C@@H](NC(=O)OCc1ccccc1)C1CCCCC1. The molecule has 116 valence electrons. The van der Waals surface area contributed by atoms with Crippen LogP contribution in [0.3, 0.4) is 0 Å². The monoisotopic (exact) mass is 289 g/mol. The Balaban J connectivity index is 1.83. The Kier molecular flexibility index (Phi) is 6.09. The Bertz CT molecular complexity index is 424. The molecule has 1 aromatic rings. The second kappa shape index (κ2) is 8.06. The number of hydrogen-bond donors (Lipinski definition) is 1. The zero-order valence-electron chi connectivity index (χ0n) is 13.2. The van der Waals surface area contributed by atoms with E-state index in [1.165, 1.54) is 32.1 Å². The zero-order chi connectivity index (χ0) is 15.1. The van der Waals surface area contributed by atoms with Crippen molar-refractivity contribution < 1.29 is 9.53 Å². The average molecular weight is 289 g/mol. The number of amides is 1. The van der Waals surface area contributed by atoms with E-state index in [-0.39, 0.29) is 12.1 Å². The van der Waals surface area contributed by atoms with Gasteiger partial charge in [-0.3, -0.25) is 0 Å². The first-order chi connectivity index (χ1) is 10.2. The molecule has 1 fully saturated rings. The summed E-state index contributed by atoms with van der Waals surface area (Å²) >= 11 is 0. The summed E-state index contributed by atoms with van der Waals surface area (Å²) in [6, 6.07) is 10.0. The van der Waals surface area contributed by atoms with Crippen molar-refractivity contribution in [3.8, 4) is 0 Å². The number of nitrogens with one attached hydrogen (secondary N) is 1. The average Bonchev–Trinajstić information content (AvgIpc) is 2.52. The molecular formula is C18H27NO2.